The van der Waals surface area contributed by atoms with Crippen molar-refractivity contribution in [3.05, 3.63) is 12.1 Å². The van der Waals surface area contributed by atoms with Gasteiger partial charge in [0.1, 0.15) is 5.54 Å². The van der Waals surface area contributed by atoms with Crippen molar-refractivity contribution in [2.75, 3.05) is 33.2 Å². The number of benzene rings is 1. The van der Waals surface area contributed by atoms with Crippen LogP contribution < -0.4 is 24.8 Å². The highest BCUT2D eigenvalue weighted by atomic mass is 16.5. The summed E-state index contributed by atoms with van der Waals surface area (Å²) in [4.78, 5) is 12.1. The molecule has 1 amide bonds. The number of hydrogen-bond donors (Lipinski definition) is 2. The third-order valence-corrected chi connectivity index (χ3v) is 4.14. The van der Waals surface area contributed by atoms with E-state index in [2.05, 4.69) is 16.7 Å². The second kappa shape index (κ2) is 7.30. The van der Waals surface area contributed by atoms with Gasteiger partial charge < -0.3 is 24.8 Å². The Morgan fingerprint density at radius 1 is 1.25 bits per heavy atom. The van der Waals surface area contributed by atoms with Gasteiger partial charge in [0.25, 0.3) is 0 Å². The Morgan fingerprint density at radius 3 is 2.25 bits per heavy atom. The minimum atomic E-state index is -0.798. The monoisotopic (exact) mass is 333 g/mol. The van der Waals surface area contributed by atoms with Gasteiger partial charge in [-0.2, -0.15) is 5.26 Å². The van der Waals surface area contributed by atoms with Crippen molar-refractivity contribution >= 4 is 11.6 Å². The Labute approximate surface area is 141 Å². The zero-order valence-electron chi connectivity index (χ0n) is 14.4. The number of hydrogen-bond acceptors (Lipinski definition) is 6. The third kappa shape index (κ3) is 3.82. The second-order valence-electron chi connectivity index (χ2n) is 5.90. The molecule has 24 heavy (non-hydrogen) atoms. The second-order valence-corrected chi connectivity index (χ2v) is 5.90. The number of rotatable bonds is 8. The van der Waals surface area contributed by atoms with Gasteiger partial charge in [-0.3, -0.25) is 4.79 Å². The van der Waals surface area contributed by atoms with Crippen LogP contribution in [0, 0.1) is 17.2 Å². The van der Waals surface area contributed by atoms with Crippen molar-refractivity contribution in [1.82, 2.24) is 5.32 Å². The summed E-state index contributed by atoms with van der Waals surface area (Å²) in [5.74, 6) is 1.49. The molecule has 2 rings (SSSR count). The molecule has 1 aromatic carbocycles. The number of carbonyl (C=O) groups excluding carboxylic acids is 1. The number of nitriles is 1. The van der Waals surface area contributed by atoms with Crippen molar-refractivity contribution in [3.63, 3.8) is 0 Å². The molecule has 1 aliphatic rings. The van der Waals surface area contributed by atoms with Gasteiger partial charge in [0, 0.05) is 17.8 Å². The maximum absolute atomic E-state index is 12.1. The van der Waals surface area contributed by atoms with Gasteiger partial charge in [-0.05, 0) is 25.7 Å². The van der Waals surface area contributed by atoms with E-state index in [0.29, 0.717) is 22.9 Å². The highest BCUT2D eigenvalue weighted by molar-refractivity contribution is 5.82. The molecule has 1 atom stereocenters. The summed E-state index contributed by atoms with van der Waals surface area (Å²) in [6.07, 6.45) is 1.95. The SMILES string of the molecule is COc1cc(NCC(=O)N[C@](C)(C#N)C2CC2)cc(OC)c1OC. The molecule has 1 saturated carbocycles. The van der Waals surface area contributed by atoms with E-state index in [1.165, 1.54) is 21.3 Å². The topological polar surface area (TPSA) is 92.6 Å². The molecule has 0 spiro atoms. The number of ether oxygens (including phenoxy) is 3. The van der Waals surface area contributed by atoms with Crippen molar-refractivity contribution in [2.24, 2.45) is 5.92 Å². The molecule has 1 aromatic rings. The van der Waals surface area contributed by atoms with Crippen LogP contribution in [-0.4, -0.2) is 39.3 Å². The lowest BCUT2D eigenvalue weighted by Gasteiger charge is -2.23. The summed E-state index contributed by atoms with van der Waals surface area (Å²) in [5, 5.41) is 15.1. The quantitative estimate of drug-likeness (QED) is 0.755. The summed E-state index contributed by atoms with van der Waals surface area (Å²) in [6.45, 7) is 1.81. The highest BCUT2D eigenvalue weighted by Crippen LogP contribution is 2.40. The van der Waals surface area contributed by atoms with E-state index in [-0.39, 0.29) is 18.4 Å². The molecule has 2 N–H and O–H groups in total. The van der Waals surface area contributed by atoms with Crippen molar-refractivity contribution < 1.29 is 19.0 Å². The number of nitrogens with zero attached hydrogens (tertiary/aromatic N) is 1. The highest BCUT2D eigenvalue weighted by Gasteiger charge is 2.42. The molecule has 0 radical (unpaired) electrons. The molecular formula is C17H23N3O4. The van der Waals surface area contributed by atoms with Gasteiger partial charge in [-0.1, -0.05) is 0 Å². The molecule has 130 valence electrons. The normalized spacial score (nSPS) is 15.6. The summed E-state index contributed by atoms with van der Waals surface area (Å²) in [7, 11) is 4.59. The van der Waals surface area contributed by atoms with E-state index in [0.717, 1.165) is 12.8 Å². The van der Waals surface area contributed by atoms with Crippen LogP contribution in [0.3, 0.4) is 0 Å². The molecule has 0 aliphatic heterocycles. The Hall–Kier alpha value is -2.62. The van der Waals surface area contributed by atoms with Crippen molar-refractivity contribution in [2.45, 2.75) is 25.3 Å². The number of methoxy groups -OCH3 is 3. The Balaban J connectivity index is 2.03. The van der Waals surface area contributed by atoms with Crippen LogP contribution in [0.15, 0.2) is 12.1 Å². The van der Waals surface area contributed by atoms with Crippen LogP contribution in [0.25, 0.3) is 0 Å². The van der Waals surface area contributed by atoms with Gasteiger partial charge in [0.2, 0.25) is 11.7 Å². The fourth-order valence-corrected chi connectivity index (χ4v) is 2.58. The minimum absolute atomic E-state index is 0.0443. The molecule has 7 heteroatoms. The molecule has 7 nitrogen and oxygen atoms in total. The molecule has 0 saturated heterocycles. The molecule has 1 aliphatic carbocycles. The average molecular weight is 333 g/mol. The van der Waals surface area contributed by atoms with E-state index < -0.39 is 5.54 Å². The van der Waals surface area contributed by atoms with E-state index >= 15 is 0 Å². The summed E-state index contributed by atoms with van der Waals surface area (Å²) in [6, 6.07) is 5.65. The number of nitrogens with one attached hydrogen (secondary N) is 2. The lowest BCUT2D eigenvalue weighted by Crippen LogP contribution is -2.48. The number of anilines is 1. The van der Waals surface area contributed by atoms with Gasteiger partial charge in [-0.25, -0.2) is 0 Å². The van der Waals surface area contributed by atoms with Gasteiger partial charge in [0.05, 0.1) is 33.9 Å². The van der Waals surface area contributed by atoms with Crippen LogP contribution in [-0.2, 0) is 4.79 Å². The molecule has 0 unspecified atom stereocenters. The first-order valence-electron chi connectivity index (χ1n) is 7.73. The van der Waals surface area contributed by atoms with Crippen LogP contribution >= 0.6 is 0 Å². The van der Waals surface area contributed by atoms with E-state index in [4.69, 9.17) is 14.2 Å². The fraction of sp³-hybridized carbons (Fsp3) is 0.529. The number of carbonyl (C=O) groups is 1. The van der Waals surface area contributed by atoms with Gasteiger partial charge in [-0.15, -0.1) is 0 Å². The smallest absolute Gasteiger partial charge is 0.240 e. The lowest BCUT2D eigenvalue weighted by atomic mass is 9.98. The van der Waals surface area contributed by atoms with Crippen molar-refractivity contribution in [1.29, 1.82) is 5.26 Å². The lowest BCUT2D eigenvalue weighted by molar-refractivity contribution is -0.120. The maximum Gasteiger partial charge on any atom is 0.240 e. The van der Waals surface area contributed by atoms with E-state index in [9.17, 15) is 10.1 Å². The molecule has 0 bridgehead atoms. The van der Waals surface area contributed by atoms with E-state index in [1.807, 2.05) is 0 Å². The van der Waals surface area contributed by atoms with Crippen LogP contribution in [0.2, 0.25) is 0 Å². The Kier molecular flexibility index (Phi) is 5.39. The predicted molar refractivity (Wildman–Crippen MR) is 89.5 cm³/mol. The molecule has 0 aromatic heterocycles. The Bertz CT molecular complexity index is 627. The fourth-order valence-electron chi connectivity index (χ4n) is 2.58. The third-order valence-electron chi connectivity index (χ3n) is 4.14. The first-order chi connectivity index (χ1) is 11.5. The summed E-state index contributed by atoms with van der Waals surface area (Å²) >= 11 is 0. The first kappa shape index (κ1) is 17.7. The summed E-state index contributed by atoms with van der Waals surface area (Å²) < 4.78 is 15.8. The van der Waals surface area contributed by atoms with Gasteiger partial charge >= 0.3 is 0 Å². The molecular weight excluding hydrogens is 310 g/mol. The van der Waals surface area contributed by atoms with Crippen molar-refractivity contribution in [3.8, 4) is 23.3 Å². The van der Waals surface area contributed by atoms with Crippen LogP contribution in [0.4, 0.5) is 5.69 Å². The molecule has 0 heterocycles. The first-order valence-corrected chi connectivity index (χ1v) is 7.73. The average Bonchev–Trinajstić information content (AvgIpc) is 3.44. The zero-order chi connectivity index (χ0) is 17.7. The van der Waals surface area contributed by atoms with Crippen LogP contribution in [0.5, 0.6) is 17.2 Å². The standard InChI is InChI=1S/C17H23N3O4/c1-17(10-18,11-5-6-11)20-15(21)9-19-12-7-13(22-2)16(24-4)14(8-12)23-3/h7-8,11,19H,5-6,9H2,1-4H3,(H,20,21)/t17-/m1/s1. The zero-order valence-corrected chi connectivity index (χ0v) is 14.4. The Morgan fingerprint density at radius 2 is 1.83 bits per heavy atom. The van der Waals surface area contributed by atoms with Gasteiger partial charge in [0.15, 0.2) is 11.5 Å². The maximum atomic E-state index is 12.1. The minimum Gasteiger partial charge on any atom is -0.493 e. The van der Waals surface area contributed by atoms with E-state index in [1.54, 1.807) is 19.1 Å². The number of amides is 1. The molecule has 1 fully saturated rings. The predicted octanol–water partition coefficient (Wildman–Crippen LogP) is 1.93. The van der Waals surface area contributed by atoms with Crippen LogP contribution in [0.1, 0.15) is 19.8 Å². The largest absolute Gasteiger partial charge is 0.493 e. The summed E-state index contributed by atoms with van der Waals surface area (Å²) in [5.41, 5.74) is -0.140.